The summed E-state index contributed by atoms with van der Waals surface area (Å²) < 4.78 is 16.7. The third-order valence-corrected chi connectivity index (χ3v) is 4.36. The number of ether oxygens (including phenoxy) is 3. The van der Waals surface area contributed by atoms with Gasteiger partial charge in [0.1, 0.15) is 6.61 Å². The van der Waals surface area contributed by atoms with E-state index in [1.165, 1.54) is 0 Å². The molecule has 0 aliphatic carbocycles. The van der Waals surface area contributed by atoms with E-state index in [4.69, 9.17) is 14.2 Å². The molecule has 3 rings (SSSR count). The van der Waals surface area contributed by atoms with Gasteiger partial charge in [0.05, 0.1) is 13.2 Å². The molecule has 1 atom stereocenters. The summed E-state index contributed by atoms with van der Waals surface area (Å²) >= 11 is 0. The topological polar surface area (TPSA) is 60.0 Å². The Morgan fingerprint density at radius 2 is 1.96 bits per heavy atom. The number of hydrogen-bond acceptors (Lipinski definition) is 5. The first kappa shape index (κ1) is 16.1. The van der Waals surface area contributed by atoms with Gasteiger partial charge in [0.15, 0.2) is 11.5 Å². The van der Waals surface area contributed by atoms with E-state index in [0.29, 0.717) is 18.0 Å². The highest BCUT2D eigenvalue weighted by molar-refractivity contribution is 5.81. The number of morpholine rings is 1. The van der Waals surface area contributed by atoms with E-state index in [-0.39, 0.29) is 18.1 Å². The van der Waals surface area contributed by atoms with Crippen molar-refractivity contribution in [3.05, 3.63) is 24.3 Å². The number of rotatable bonds is 4. The Hall–Kier alpha value is -1.79. The Labute approximate surface area is 136 Å². The maximum atomic E-state index is 12.4. The first-order chi connectivity index (χ1) is 11.1. The number of fused-ring (bicyclic) bond motifs is 1. The van der Waals surface area contributed by atoms with E-state index in [1.54, 1.807) is 0 Å². The molecule has 1 N–H and O–H groups in total. The van der Waals surface area contributed by atoms with Gasteiger partial charge < -0.3 is 19.5 Å². The number of carbonyl (C=O) groups excluding carboxylic acids is 1. The van der Waals surface area contributed by atoms with Gasteiger partial charge in [0, 0.05) is 25.2 Å². The van der Waals surface area contributed by atoms with Gasteiger partial charge in [-0.05, 0) is 26.0 Å². The second-order valence-corrected chi connectivity index (χ2v) is 6.49. The van der Waals surface area contributed by atoms with Crippen molar-refractivity contribution in [2.45, 2.75) is 25.5 Å². The minimum Gasteiger partial charge on any atom is -0.485 e. The fraction of sp³-hybridized carbons (Fsp3) is 0.588. The molecule has 2 heterocycles. The number of amides is 1. The zero-order valence-electron chi connectivity index (χ0n) is 13.7. The number of nitrogens with zero attached hydrogens (tertiary/aromatic N) is 1. The Morgan fingerprint density at radius 3 is 2.70 bits per heavy atom. The van der Waals surface area contributed by atoms with Crippen LogP contribution < -0.4 is 14.8 Å². The van der Waals surface area contributed by atoms with Gasteiger partial charge in [-0.15, -0.1) is 0 Å². The average Bonchev–Trinajstić information content (AvgIpc) is 2.60. The van der Waals surface area contributed by atoms with Gasteiger partial charge >= 0.3 is 0 Å². The standard InChI is InChI=1S/C17H24N2O4/c1-17(2,19-7-9-21-10-8-19)12-18-16(20)15-11-22-13-5-3-4-6-14(13)23-15/h3-6,15H,7-12H2,1-2H3,(H,18,20). The van der Waals surface area contributed by atoms with E-state index < -0.39 is 6.10 Å². The molecule has 0 bridgehead atoms. The normalized spacial score (nSPS) is 21.7. The van der Waals surface area contributed by atoms with Crippen LogP contribution >= 0.6 is 0 Å². The third-order valence-electron chi connectivity index (χ3n) is 4.36. The second kappa shape index (κ2) is 6.76. The molecule has 6 heteroatoms. The molecule has 1 fully saturated rings. The Balaban J connectivity index is 1.53. The minimum atomic E-state index is -0.606. The predicted molar refractivity (Wildman–Crippen MR) is 85.8 cm³/mol. The summed E-state index contributed by atoms with van der Waals surface area (Å²) in [5.74, 6) is 1.16. The van der Waals surface area contributed by atoms with Gasteiger partial charge in [-0.25, -0.2) is 0 Å². The maximum absolute atomic E-state index is 12.4. The van der Waals surface area contributed by atoms with Crippen molar-refractivity contribution in [2.75, 3.05) is 39.5 Å². The first-order valence-electron chi connectivity index (χ1n) is 8.05. The molecule has 126 valence electrons. The highest BCUT2D eigenvalue weighted by Crippen LogP contribution is 2.30. The fourth-order valence-corrected chi connectivity index (χ4v) is 2.85. The van der Waals surface area contributed by atoms with Gasteiger partial charge in [0.2, 0.25) is 6.10 Å². The summed E-state index contributed by atoms with van der Waals surface area (Å²) in [6.45, 7) is 8.33. The summed E-state index contributed by atoms with van der Waals surface area (Å²) in [4.78, 5) is 14.7. The molecule has 1 saturated heterocycles. The lowest BCUT2D eigenvalue weighted by Gasteiger charge is -2.41. The van der Waals surface area contributed by atoms with Crippen LogP contribution in [-0.2, 0) is 9.53 Å². The molecule has 0 spiro atoms. The van der Waals surface area contributed by atoms with E-state index in [1.807, 2.05) is 24.3 Å². The molecule has 1 aromatic carbocycles. The molecule has 0 saturated carbocycles. The zero-order valence-corrected chi connectivity index (χ0v) is 13.7. The van der Waals surface area contributed by atoms with E-state index >= 15 is 0 Å². The van der Waals surface area contributed by atoms with Gasteiger partial charge in [-0.3, -0.25) is 9.69 Å². The maximum Gasteiger partial charge on any atom is 0.264 e. The first-order valence-corrected chi connectivity index (χ1v) is 8.05. The Kier molecular flexibility index (Phi) is 4.73. The van der Waals surface area contributed by atoms with Crippen LogP contribution in [0.1, 0.15) is 13.8 Å². The SMILES string of the molecule is CC(C)(CNC(=O)C1COc2ccccc2O1)N1CCOCC1. The van der Waals surface area contributed by atoms with Crippen molar-refractivity contribution < 1.29 is 19.0 Å². The molecule has 1 amide bonds. The van der Waals surface area contributed by atoms with Crippen molar-refractivity contribution in [3.63, 3.8) is 0 Å². The van der Waals surface area contributed by atoms with E-state index in [2.05, 4.69) is 24.1 Å². The largest absolute Gasteiger partial charge is 0.485 e. The van der Waals surface area contributed by atoms with Crippen molar-refractivity contribution in [1.82, 2.24) is 10.2 Å². The number of hydrogen-bond donors (Lipinski definition) is 1. The lowest BCUT2D eigenvalue weighted by Crippen LogP contribution is -2.57. The molecule has 23 heavy (non-hydrogen) atoms. The number of nitrogens with one attached hydrogen (secondary N) is 1. The molecule has 2 aliphatic rings. The van der Waals surface area contributed by atoms with Crippen molar-refractivity contribution >= 4 is 5.91 Å². The van der Waals surface area contributed by atoms with E-state index in [0.717, 1.165) is 26.3 Å². The van der Waals surface area contributed by atoms with Crippen LogP contribution in [0, 0.1) is 0 Å². The number of para-hydroxylation sites is 2. The average molecular weight is 320 g/mol. The van der Waals surface area contributed by atoms with Crippen LogP contribution in [0.4, 0.5) is 0 Å². The summed E-state index contributed by atoms with van der Waals surface area (Å²) in [6, 6.07) is 7.40. The summed E-state index contributed by atoms with van der Waals surface area (Å²) in [7, 11) is 0. The molecule has 1 aromatic rings. The third kappa shape index (κ3) is 3.76. The summed E-state index contributed by atoms with van der Waals surface area (Å²) in [6.07, 6.45) is -0.606. The molecule has 6 nitrogen and oxygen atoms in total. The zero-order chi connectivity index (χ0) is 16.3. The van der Waals surface area contributed by atoms with Crippen molar-refractivity contribution in [2.24, 2.45) is 0 Å². The van der Waals surface area contributed by atoms with Crippen LogP contribution in [0.3, 0.4) is 0 Å². The van der Waals surface area contributed by atoms with Crippen molar-refractivity contribution in [1.29, 1.82) is 0 Å². The fourth-order valence-electron chi connectivity index (χ4n) is 2.85. The summed E-state index contributed by atoms with van der Waals surface area (Å²) in [5.41, 5.74) is -0.118. The molecular formula is C17H24N2O4. The number of carbonyl (C=O) groups is 1. The second-order valence-electron chi connectivity index (χ2n) is 6.49. The molecule has 1 unspecified atom stereocenters. The predicted octanol–water partition coefficient (Wildman–Crippen LogP) is 1.05. The van der Waals surface area contributed by atoms with Crippen LogP contribution in [0.25, 0.3) is 0 Å². The van der Waals surface area contributed by atoms with E-state index in [9.17, 15) is 4.79 Å². The molecule has 0 aromatic heterocycles. The van der Waals surface area contributed by atoms with Gasteiger partial charge in [-0.1, -0.05) is 12.1 Å². The quantitative estimate of drug-likeness (QED) is 0.899. The van der Waals surface area contributed by atoms with Gasteiger partial charge in [0.25, 0.3) is 5.91 Å². The highest BCUT2D eigenvalue weighted by atomic mass is 16.6. The number of benzene rings is 1. The Morgan fingerprint density at radius 1 is 1.26 bits per heavy atom. The van der Waals surface area contributed by atoms with Crippen molar-refractivity contribution in [3.8, 4) is 11.5 Å². The van der Waals surface area contributed by atoms with Crippen LogP contribution in [-0.4, -0.2) is 61.9 Å². The monoisotopic (exact) mass is 320 g/mol. The molecular weight excluding hydrogens is 296 g/mol. The van der Waals surface area contributed by atoms with Crippen LogP contribution in [0.5, 0.6) is 11.5 Å². The van der Waals surface area contributed by atoms with Gasteiger partial charge in [-0.2, -0.15) is 0 Å². The Bertz CT molecular complexity index is 555. The van der Waals surface area contributed by atoms with Crippen LogP contribution in [0.2, 0.25) is 0 Å². The highest BCUT2D eigenvalue weighted by Gasteiger charge is 2.31. The van der Waals surface area contributed by atoms with Crippen LogP contribution in [0.15, 0.2) is 24.3 Å². The lowest BCUT2D eigenvalue weighted by molar-refractivity contribution is -0.131. The smallest absolute Gasteiger partial charge is 0.264 e. The molecule has 0 radical (unpaired) electrons. The lowest BCUT2D eigenvalue weighted by atomic mass is 10.0. The molecule has 2 aliphatic heterocycles. The summed E-state index contributed by atoms with van der Waals surface area (Å²) in [5, 5.41) is 2.99. The minimum absolute atomic E-state index is 0.118.